The molecule has 1 N–H and O–H groups in total. The van der Waals surface area contributed by atoms with E-state index in [9.17, 15) is 14.4 Å². The number of rotatable bonds is 5. The van der Waals surface area contributed by atoms with E-state index in [2.05, 4.69) is 5.32 Å². The molecule has 8 heteroatoms. The van der Waals surface area contributed by atoms with E-state index in [0.29, 0.717) is 43.0 Å². The fourth-order valence-electron chi connectivity index (χ4n) is 4.16. The Labute approximate surface area is 180 Å². The lowest BCUT2D eigenvalue weighted by Gasteiger charge is -2.37. The Hall–Kier alpha value is -3.55. The van der Waals surface area contributed by atoms with Crippen LogP contribution in [0.15, 0.2) is 48.5 Å². The van der Waals surface area contributed by atoms with Gasteiger partial charge in [0.1, 0.15) is 17.0 Å². The molecule has 1 spiro atoms. The van der Waals surface area contributed by atoms with Crippen LogP contribution in [0.3, 0.4) is 0 Å². The molecule has 2 aliphatic heterocycles. The molecule has 0 aromatic heterocycles. The standard InChI is InChI=1S/C23H25N3O5/c1-30-17-8-9-18(19(14-17)31-2)20(27)25-12-10-23(11-13-25)21(28)26(22(29)24-23)15-16-6-4-3-5-7-16/h3-9,14H,10-13,15H2,1-2H3,(H,24,29). The molecule has 0 aliphatic carbocycles. The quantitative estimate of drug-likeness (QED) is 0.747. The second-order valence-electron chi connectivity index (χ2n) is 7.75. The average Bonchev–Trinajstić information content (AvgIpc) is 3.03. The molecule has 2 heterocycles. The third-order valence-corrected chi connectivity index (χ3v) is 5.97. The van der Waals surface area contributed by atoms with Crippen LogP contribution in [0.5, 0.6) is 11.5 Å². The number of ether oxygens (including phenoxy) is 2. The molecule has 162 valence electrons. The lowest BCUT2D eigenvalue weighted by atomic mass is 9.87. The van der Waals surface area contributed by atoms with Gasteiger partial charge in [0, 0.05) is 19.2 Å². The minimum Gasteiger partial charge on any atom is -0.497 e. The number of imide groups is 1. The molecule has 4 amide bonds. The van der Waals surface area contributed by atoms with Gasteiger partial charge in [-0.2, -0.15) is 0 Å². The van der Waals surface area contributed by atoms with Crippen molar-refractivity contribution < 1.29 is 23.9 Å². The van der Waals surface area contributed by atoms with Gasteiger partial charge >= 0.3 is 6.03 Å². The van der Waals surface area contributed by atoms with Crippen LogP contribution in [0.2, 0.25) is 0 Å². The third-order valence-electron chi connectivity index (χ3n) is 5.97. The van der Waals surface area contributed by atoms with Crippen LogP contribution in [-0.2, 0) is 11.3 Å². The summed E-state index contributed by atoms with van der Waals surface area (Å²) in [7, 11) is 3.05. The third kappa shape index (κ3) is 3.81. The highest BCUT2D eigenvalue weighted by Crippen LogP contribution is 2.32. The van der Waals surface area contributed by atoms with Crippen molar-refractivity contribution in [2.45, 2.75) is 24.9 Å². The van der Waals surface area contributed by atoms with Crippen LogP contribution in [0.1, 0.15) is 28.8 Å². The van der Waals surface area contributed by atoms with E-state index in [1.54, 1.807) is 30.2 Å². The summed E-state index contributed by atoms with van der Waals surface area (Å²) in [6, 6.07) is 14.1. The van der Waals surface area contributed by atoms with E-state index in [1.807, 2.05) is 30.3 Å². The summed E-state index contributed by atoms with van der Waals surface area (Å²) >= 11 is 0. The van der Waals surface area contributed by atoms with Crippen molar-refractivity contribution >= 4 is 17.8 Å². The smallest absolute Gasteiger partial charge is 0.325 e. The molecule has 0 atom stereocenters. The van der Waals surface area contributed by atoms with Gasteiger partial charge < -0.3 is 19.7 Å². The SMILES string of the molecule is COc1ccc(C(=O)N2CCC3(CC2)NC(=O)N(Cc2ccccc2)C3=O)c(OC)c1. The number of hydrogen-bond acceptors (Lipinski definition) is 5. The number of benzene rings is 2. The number of nitrogens with zero attached hydrogens (tertiary/aromatic N) is 2. The van der Waals surface area contributed by atoms with Crippen molar-refractivity contribution in [3.8, 4) is 11.5 Å². The van der Waals surface area contributed by atoms with Crippen molar-refractivity contribution in [3.63, 3.8) is 0 Å². The largest absolute Gasteiger partial charge is 0.497 e. The van der Waals surface area contributed by atoms with Gasteiger partial charge in [0.25, 0.3) is 11.8 Å². The first kappa shape index (κ1) is 20.7. The molecular formula is C23H25N3O5. The maximum absolute atomic E-state index is 13.1. The Balaban J connectivity index is 1.45. The van der Waals surface area contributed by atoms with Gasteiger partial charge in [-0.25, -0.2) is 4.79 Å². The minimum absolute atomic E-state index is 0.174. The molecule has 0 bridgehead atoms. The van der Waals surface area contributed by atoms with Crippen LogP contribution >= 0.6 is 0 Å². The number of urea groups is 1. The molecular weight excluding hydrogens is 398 g/mol. The van der Waals surface area contributed by atoms with Crippen LogP contribution in [0.25, 0.3) is 0 Å². The zero-order chi connectivity index (χ0) is 22.0. The number of likely N-dealkylation sites (tertiary alicyclic amines) is 1. The molecule has 0 radical (unpaired) electrons. The topological polar surface area (TPSA) is 88.2 Å². The molecule has 4 rings (SSSR count). The number of amides is 4. The number of hydrogen-bond donors (Lipinski definition) is 1. The van der Waals surface area contributed by atoms with E-state index in [-0.39, 0.29) is 24.4 Å². The summed E-state index contributed by atoms with van der Waals surface area (Å²) < 4.78 is 10.5. The van der Waals surface area contributed by atoms with Crippen molar-refractivity contribution in [3.05, 3.63) is 59.7 Å². The number of carbonyl (C=O) groups is 3. The highest BCUT2D eigenvalue weighted by atomic mass is 16.5. The van der Waals surface area contributed by atoms with Crippen molar-refractivity contribution in [2.75, 3.05) is 27.3 Å². The molecule has 2 aromatic rings. The normalized spacial score (nSPS) is 17.6. The Kier molecular flexibility index (Phi) is 5.54. The minimum atomic E-state index is -0.952. The molecule has 2 aliphatic rings. The van der Waals surface area contributed by atoms with Crippen molar-refractivity contribution in [2.24, 2.45) is 0 Å². The van der Waals surface area contributed by atoms with Crippen LogP contribution in [0, 0.1) is 0 Å². The fourth-order valence-corrected chi connectivity index (χ4v) is 4.16. The van der Waals surface area contributed by atoms with Crippen LogP contribution in [-0.4, -0.2) is 60.5 Å². The van der Waals surface area contributed by atoms with E-state index in [0.717, 1.165) is 5.56 Å². The van der Waals surface area contributed by atoms with Crippen LogP contribution in [0.4, 0.5) is 4.79 Å². The molecule has 2 aromatic carbocycles. The first-order chi connectivity index (χ1) is 15.0. The molecule has 2 fully saturated rings. The maximum atomic E-state index is 13.1. The Morgan fingerprint density at radius 2 is 1.74 bits per heavy atom. The average molecular weight is 423 g/mol. The zero-order valence-electron chi connectivity index (χ0n) is 17.6. The molecule has 2 saturated heterocycles. The number of piperidine rings is 1. The first-order valence-electron chi connectivity index (χ1n) is 10.2. The Morgan fingerprint density at radius 3 is 2.39 bits per heavy atom. The number of carbonyl (C=O) groups excluding carboxylic acids is 3. The van der Waals surface area contributed by atoms with Gasteiger partial charge in [-0.1, -0.05) is 30.3 Å². The van der Waals surface area contributed by atoms with Gasteiger partial charge in [-0.3, -0.25) is 14.5 Å². The summed E-state index contributed by atoms with van der Waals surface area (Å²) in [4.78, 5) is 41.7. The number of methoxy groups -OCH3 is 2. The lowest BCUT2D eigenvalue weighted by molar-refractivity contribution is -0.133. The Bertz CT molecular complexity index is 1000. The molecule has 0 saturated carbocycles. The zero-order valence-corrected chi connectivity index (χ0v) is 17.6. The van der Waals surface area contributed by atoms with Crippen molar-refractivity contribution in [1.29, 1.82) is 0 Å². The van der Waals surface area contributed by atoms with E-state index < -0.39 is 5.54 Å². The van der Waals surface area contributed by atoms with Crippen LogP contribution < -0.4 is 14.8 Å². The molecule has 31 heavy (non-hydrogen) atoms. The highest BCUT2D eigenvalue weighted by molar-refractivity contribution is 6.07. The monoisotopic (exact) mass is 423 g/mol. The van der Waals surface area contributed by atoms with E-state index in [1.165, 1.54) is 12.0 Å². The summed E-state index contributed by atoms with van der Waals surface area (Å²) in [5.41, 5.74) is 0.376. The second-order valence-corrected chi connectivity index (χ2v) is 7.75. The summed E-state index contributed by atoms with van der Waals surface area (Å²) in [5, 5.41) is 2.88. The summed E-state index contributed by atoms with van der Waals surface area (Å²) in [6.45, 7) is 0.956. The summed E-state index contributed by atoms with van der Waals surface area (Å²) in [5.74, 6) is 0.635. The highest BCUT2D eigenvalue weighted by Gasteiger charge is 2.52. The maximum Gasteiger partial charge on any atom is 0.325 e. The van der Waals surface area contributed by atoms with Gasteiger partial charge in [0.05, 0.1) is 26.3 Å². The van der Waals surface area contributed by atoms with Crippen molar-refractivity contribution in [1.82, 2.24) is 15.1 Å². The second kappa shape index (κ2) is 8.29. The van der Waals surface area contributed by atoms with E-state index >= 15 is 0 Å². The fraction of sp³-hybridized carbons (Fsp3) is 0.348. The van der Waals surface area contributed by atoms with Gasteiger partial charge in [0.15, 0.2) is 0 Å². The number of nitrogens with one attached hydrogen (secondary N) is 1. The lowest BCUT2D eigenvalue weighted by Crippen LogP contribution is -2.55. The van der Waals surface area contributed by atoms with Gasteiger partial charge in [0.2, 0.25) is 0 Å². The van der Waals surface area contributed by atoms with Gasteiger partial charge in [-0.15, -0.1) is 0 Å². The predicted octanol–water partition coefficient (Wildman–Crippen LogP) is 2.43. The van der Waals surface area contributed by atoms with E-state index in [4.69, 9.17) is 9.47 Å². The first-order valence-corrected chi connectivity index (χ1v) is 10.2. The Morgan fingerprint density at radius 1 is 1.03 bits per heavy atom. The molecule has 0 unspecified atom stereocenters. The summed E-state index contributed by atoms with van der Waals surface area (Å²) in [6.07, 6.45) is 0.736. The molecule has 8 nitrogen and oxygen atoms in total. The van der Waals surface area contributed by atoms with Gasteiger partial charge in [-0.05, 0) is 30.5 Å². The predicted molar refractivity (Wildman–Crippen MR) is 113 cm³/mol.